The molecule has 98 valence electrons. The average molecular weight is 236 g/mol. The van der Waals surface area contributed by atoms with Crippen molar-refractivity contribution < 1.29 is 0 Å². The molecule has 2 aliphatic heterocycles. The number of hydrogen-bond acceptors (Lipinski definition) is 2. The van der Waals surface area contributed by atoms with Gasteiger partial charge < -0.3 is 0 Å². The zero-order chi connectivity index (χ0) is 11.7. The van der Waals surface area contributed by atoms with Crippen LogP contribution in [0.4, 0.5) is 0 Å². The lowest BCUT2D eigenvalue weighted by atomic mass is 9.91. The maximum absolute atomic E-state index is 2.81. The van der Waals surface area contributed by atoms with Gasteiger partial charge in [0, 0.05) is 25.2 Å². The molecule has 17 heavy (non-hydrogen) atoms. The van der Waals surface area contributed by atoms with Gasteiger partial charge in [0.25, 0.3) is 0 Å². The highest BCUT2D eigenvalue weighted by Gasteiger charge is 2.37. The first-order chi connectivity index (χ1) is 8.36. The van der Waals surface area contributed by atoms with E-state index in [-0.39, 0.29) is 0 Å². The van der Waals surface area contributed by atoms with Crippen molar-refractivity contribution in [2.45, 2.75) is 70.4 Å². The molecule has 2 heterocycles. The molecule has 0 amide bonds. The zero-order valence-electron chi connectivity index (χ0n) is 11.4. The summed E-state index contributed by atoms with van der Waals surface area (Å²) in [6.07, 6.45) is 11.7. The fraction of sp³-hybridized carbons (Fsp3) is 1.00. The standard InChI is InChI=1S/C15H28N2/c1-2-13-8-9-15-11-17(12-16(15)10-13)14-6-4-3-5-7-14/h13-15H,2-12H2,1H3/t13-,15-/m0/s1. The van der Waals surface area contributed by atoms with E-state index in [2.05, 4.69) is 16.7 Å². The Bertz CT molecular complexity index is 247. The van der Waals surface area contributed by atoms with Crippen molar-refractivity contribution in [1.29, 1.82) is 0 Å². The van der Waals surface area contributed by atoms with Crippen LogP contribution in [0, 0.1) is 5.92 Å². The Labute approximate surface area is 106 Å². The largest absolute Gasteiger partial charge is 0.286 e. The lowest BCUT2D eigenvalue weighted by Crippen LogP contribution is -2.40. The number of fused-ring (bicyclic) bond motifs is 1. The lowest BCUT2D eigenvalue weighted by molar-refractivity contribution is 0.121. The molecule has 0 unspecified atom stereocenters. The second-order valence-electron chi connectivity index (χ2n) is 6.48. The summed E-state index contributed by atoms with van der Waals surface area (Å²) < 4.78 is 0. The van der Waals surface area contributed by atoms with Crippen molar-refractivity contribution >= 4 is 0 Å². The lowest BCUT2D eigenvalue weighted by Gasteiger charge is -2.34. The summed E-state index contributed by atoms with van der Waals surface area (Å²) in [6, 6.07) is 1.83. The van der Waals surface area contributed by atoms with Crippen molar-refractivity contribution in [3.8, 4) is 0 Å². The third-order valence-corrected chi connectivity index (χ3v) is 5.39. The third kappa shape index (κ3) is 2.53. The smallest absolute Gasteiger partial charge is 0.0512 e. The topological polar surface area (TPSA) is 6.48 Å². The molecule has 2 saturated heterocycles. The van der Waals surface area contributed by atoms with Crippen molar-refractivity contribution in [3.63, 3.8) is 0 Å². The SMILES string of the molecule is CC[C@H]1CC[C@H]2CN(C3CCCCC3)CN2C1. The van der Waals surface area contributed by atoms with Crippen LogP contribution in [0.2, 0.25) is 0 Å². The highest BCUT2D eigenvalue weighted by molar-refractivity contribution is 4.91. The molecule has 3 aliphatic rings. The summed E-state index contributed by atoms with van der Waals surface area (Å²) in [5.74, 6) is 0.984. The van der Waals surface area contributed by atoms with Gasteiger partial charge in [0.15, 0.2) is 0 Å². The van der Waals surface area contributed by atoms with Gasteiger partial charge in [0.2, 0.25) is 0 Å². The van der Waals surface area contributed by atoms with Crippen LogP contribution in [-0.4, -0.2) is 41.6 Å². The van der Waals surface area contributed by atoms with Gasteiger partial charge >= 0.3 is 0 Å². The van der Waals surface area contributed by atoms with Crippen molar-refractivity contribution in [3.05, 3.63) is 0 Å². The maximum Gasteiger partial charge on any atom is 0.0512 e. The molecule has 0 aromatic rings. The summed E-state index contributed by atoms with van der Waals surface area (Å²) in [6.45, 7) is 6.40. The molecule has 3 fully saturated rings. The molecular weight excluding hydrogens is 208 g/mol. The molecule has 0 bridgehead atoms. The summed E-state index contributed by atoms with van der Waals surface area (Å²) in [5, 5.41) is 0. The van der Waals surface area contributed by atoms with Gasteiger partial charge in [-0.1, -0.05) is 32.6 Å². The van der Waals surface area contributed by atoms with Crippen LogP contribution in [0.15, 0.2) is 0 Å². The van der Waals surface area contributed by atoms with Gasteiger partial charge in [-0.25, -0.2) is 0 Å². The molecular formula is C15H28N2. The first-order valence-electron chi connectivity index (χ1n) is 7.85. The summed E-state index contributed by atoms with van der Waals surface area (Å²) >= 11 is 0. The first-order valence-corrected chi connectivity index (χ1v) is 7.85. The molecule has 0 aromatic heterocycles. The van der Waals surface area contributed by atoms with E-state index in [1.165, 1.54) is 71.1 Å². The molecule has 2 heteroatoms. The monoisotopic (exact) mass is 236 g/mol. The zero-order valence-corrected chi connectivity index (χ0v) is 11.4. The highest BCUT2D eigenvalue weighted by atomic mass is 15.4. The van der Waals surface area contributed by atoms with Gasteiger partial charge in [0.05, 0.1) is 6.67 Å². The molecule has 0 aromatic carbocycles. The minimum Gasteiger partial charge on any atom is -0.286 e. The van der Waals surface area contributed by atoms with E-state index in [0.717, 1.165) is 18.0 Å². The fourth-order valence-electron chi connectivity index (χ4n) is 4.17. The molecule has 0 spiro atoms. The molecule has 3 rings (SSSR count). The van der Waals surface area contributed by atoms with Gasteiger partial charge in [-0.2, -0.15) is 0 Å². The van der Waals surface area contributed by atoms with Crippen molar-refractivity contribution in [1.82, 2.24) is 9.80 Å². The molecule has 1 aliphatic carbocycles. The van der Waals surface area contributed by atoms with E-state index in [9.17, 15) is 0 Å². The number of hydrogen-bond donors (Lipinski definition) is 0. The van der Waals surface area contributed by atoms with Gasteiger partial charge in [-0.05, 0) is 31.6 Å². The van der Waals surface area contributed by atoms with Crippen LogP contribution < -0.4 is 0 Å². The van der Waals surface area contributed by atoms with E-state index in [1.54, 1.807) is 0 Å². The maximum atomic E-state index is 2.81. The van der Waals surface area contributed by atoms with E-state index in [1.807, 2.05) is 0 Å². The summed E-state index contributed by atoms with van der Waals surface area (Å²) in [5.41, 5.74) is 0. The summed E-state index contributed by atoms with van der Waals surface area (Å²) in [4.78, 5) is 5.59. The Balaban J connectivity index is 1.56. The van der Waals surface area contributed by atoms with Gasteiger partial charge in [0.1, 0.15) is 0 Å². The minimum absolute atomic E-state index is 0.903. The van der Waals surface area contributed by atoms with Crippen molar-refractivity contribution in [2.24, 2.45) is 5.92 Å². The van der Waals surface area contributed by atoms with Crippen LogP contribution in [0.25, 0.3) is 0 Å². The van der Waals surface area contributed by atoms with Crippen LogP contribution >= 0.6 is 0 Å². The van der Waals surface area contributed by atoms with E-state index in [0.29, 0.717) is 0 Å². The second-order valence-corrected chi connectivity index (χ2v) is 6.48. The minimum atomic E-state index is 0.903. The predicted molar refractivity (Wildman–Crippen MR) is 72.0 cm³/mol. The Morgan fingerprint density at radius 3 is 2.35 bits per heavy atom. The number of rotatable bonds is 2. The van der Waals surface area contributed by atoms with Gasteiger partial charge in [-0.3, -0.25) is 9.80 Å². The Kier molecular flexibility index (Phi) is 3.72. The quantitative estimate of drug-likeness (QED) is 0.727. The average Bonchev–Trinajstić information content (AvgIpc) is 2.82. The normalized spacial score (nSPS) is 37.2. The molecule has 1 saturated carbocycles. The Morgan fingerprint density at radius 2 is 1.59 bits per heavy atom. The third-order valence-electron chi connectivity index (χ3n) is 5.39. The van der Waals surface area contributed by atoms with E-state index in [4.69, 9.17) is 0 Å². The van der Waals surface area contributed by atoms with Crippen molar-refractivity contribution in [2.75, 3.05) is 19.8 Å². The second kappa shape index (κ2) is 5.27. The highest BCUT2D eigenvalue weighted by Crippen LogP contribution is 2.32. The summed E-state index contributed by atoms with van der Waals surface area (Å²) in [7, 11) is 0. The van der Waals surface area contributed by atoms with Gasteiger partial charge in [-0.15, -0.1) is 0 Å². The molecule has 2 atom stereocenters. The fourth-order valence-corrected chi connectivity index (χ4v) is 4.17. The van der Waals surface area contributed by atoms with Crippen LogP contribution in [0.3, 0.4) is 0 Å². The van der Waals surface area contributed by atoms with E-state index < -0.39 is 0 Å². The Hall–Kier alpha value is -0.0800. The molecule has 0 N–H and O–H groups in total. The van der Waals surface area contributed by atoms with E-state index >= 15 is 0 Å². The molecule has 0 radical (unpaired) electrons. The number of piperidine rings is 1. The predicted octanol–water partition coefficient (Wildman–Crippen LogP) is 3.08. The molecule has 2 nitrogen and oxygen atoms in total. The van der Waals surface area contributed by atoms with Crippen LogP contribution in [0.1, 0.15) is 58.3 Å². The number of nitrogens with zero attached hydrogens (tertiary/aromatic N) is 2. The van der Waals surface area contributed by atoms with Crippen LogP contribution in [-0.2, 0) is 0 Å². The Morgan fingerprint density at radius 1 is 0.824 bits per heavy atom. The van der Waals surface area contributed by atoms with Crippen LogP contribution in [0.5, 0.6) is 0 Å². The first kappa shape index (κ1) is 12.0.